The van der Waals surface area contributed by atoms with Crippen LogP contribution in [0.3, 0.4) is 0 Å². The van der Waals surface area contributed by atoms with E-state index in [0.717, 1.165) is 6.26 Å². The summed E-state index contributed by atoms with van der Waals surface area (Å²) in [4.78, 5) is 12.8. The number of hydrogen-bond donors (Lipinski definition) is 1. The molecular formula is C7H14N2O3S. The van der Waals surface area contributed by atoms with Gasteiger partial charge in [-0.25, -0.2) is 13.1 Å². The van der Waals surface area contributed by atoms with Crippen molar-refractivity contribution in [2.24, 2.45) is 0 Å². The lowest BCUT2D eigenvalue weighted by Crippen LogP contribution is -2.45. The highest BCUT2D eigenvalue weighted by atomic mass is 32.2. The third kappa shape index (κ3) is 3.31. The van der Waals surface area contributed by atoms with Gasteiger partial charge >= 0.3 is 0 Å². The van der Waals surface area contributed by atoms with Crippen molar-refractivity contribution >= 4 is 15.9 Å². The van der Waals surface area contributed by atoms with Crippen molar-refractivity contribution in [3.8, 4) is 0 Å². The summed E-state index contributed by atoms with van der Waals surface area (Å²) in [5.74, 6) is -0.00704. The first-order chi connectivity index (χ1) is 5.88. The van der Waals surface area contributed by atoms with Crippen LogP contribution in [-0.2, 0) is 14.8 Å². The summed E-state index contributed by atoms with van der Waals surface area (Å²) in [6.45, 7) is 0.617. The molecule has 1 fully saturated rings. The Hall–Kier alpha value is -0.620. The Balaban J connectivity index is 2.52. The summed E-state index contributed by atoms with van der Waals surface area (Å²) in [5.41, 5.74) is 0. The molecule has 1 rings (SSSR count). The molecule has 0 spiro atoms. The SMILES string of the molecule is CN1CCC(NS(C)(=O)=O)CC1=O. The summed E-state index contributed by atoms with van der Waals surface area (Å²) in [6.07, 6.45) is 2.06. The number of amides is 1. The van der Waals surface area contributed by atoms with Crippen molar-refractivity contribution in [1.29, 1.82) is 0 Å². The summed E-state index contributed by atoms with van der Waals surface area (Å²) < 4.78 is 24.1. The van der Waals surface area contributed by atoms with Gasteiger partial charge < -0.3 is 4.90 Å². The van der Waals surface area contributed by atoms with Gasteiger partial charge in [-0.3, -0.25) is 4.79 Å². The third-order valence-corrected chi connectivity index (χ3v) is 2.80. The van der Waals surface area contributed by atoms with Gasteiger partial charge in [0.05, 0.1) is 6.26 Å². The zero-order valence-corrected chi connectivity index (χ0v) is 8.60. The molecule has 0 bridgehead atoms. The van der Waals surface area contributed by atoms with Crippen LogP contribution < -0.4 is 4.72 Å². The van der Waals surface area contributed by atoms with E-state index in [-0.39, 0.29) is 18.4 Å². The van der Waals surface area contributed by atoms with Crippen LogP contribution in [-0.4, -0.2) is 45.1 Å². The molecule has 1 saturated heterocycles. The predicted octanol–water partition coefficient (Wildman–Crippen LogP) is -0.844. The molecule has 76 valence electrons. The number of nitrogens with zero attached hydrogens (tertiary/aromatic N) is 1. The van der Waals surface area contributed by atoms with Gasteiger partial charge in [0, 0.05) is 26.1 Å². The number of nitrogens with one attached hydrogen (secondary N) is 1. The summed E-state index contributed by atoms with van der Waals surface area (Å²) in [5, 5.41) is 0. The van der Waals surface area contributed by atoms with E-state index in [1.54, 1.807) is 11.9 Å². The van der Waals surface area contributed by atoms with Crippen LogP contribution in [0.2, 0.25) is 0 Å². The molecule has 13 heavy (non-hydrogen) atoms. The van der Waals surface area contributed by atoms with Crippen LogP contribution in [0, 0.1) is 0 Å². The number of likely N-dealkylation sites (tertiary alicyclic amines) is 1. The van der Waals surface area contributed by atoms with Crippen LogP contribution in [0.5, 0.6) is 0 Å². The minimum atomic E-state index is -3.19. The van der Waals surface area contributed by atoms with Crippen LogP contribution >= 0.6 is 0 Å². The quantitative estimate of drug-likeness (QED) is 0.640. The second-order valence-electron chi connectivity index (χ2n) is 3.40. The predicted molar refractivity (Wildman–Crippen MR) is 48.6 cm³/mol. The van der Waals surface area contributed by atoms with E-state index in [0.29, 0.717) is 13.0 Å². The Morgan fingerprint density at radius 1 is 1.54 bits per heavy atom. The molecule has 1 aliphatic rings. The van der Waals surface area contributed by atoms with E-state index in [1.807, 2.05) is 0 Å². The molecule has 1 heterocycles. The molecule has 5 nitrogen and oxygen atoms in total. The number of carbonyl (C=O) groups excluding carboxylic acids is 1. The van der Waals surface area contributed by atoms with Crippen molar-refractivity contribution in [3.05, 3.63) is 0 Å². The van der Waals surface area contributed by atoms with E-state index >= 15 is 0 Å². The van der Waals surface area contributed by atoms with E-state index in [9.17, 15) is 13.2 Å². The fourth-order valence-electron chi connectivity index (χ4n) is 1.35. The van der Waals surface area contributed by atoms with Crippen molar-refractivity contribution in [2.75, 3.05) is 19.8 Å². The van der Waals surface area contributed by atoms with Crippen molar-refractivity contribution < 1.29 is 13.2 Å². The Morgan fingerprint density at radius 2 is 2.15 bits per heavy atom. The fraction of sp³-hybridized carbons (Fsp3) is 0.857. The smallest absolute Gasteiger partial charge is 0.223 e. The van der Waals surface area contributed by atoms with Gasteiger partial charge in [0.2, 0.25) is 15.9 Å². The van der Waals surface area contributed by atoms with Crippen LogP contribution in [0.4, 0.5) is 0 Å². The molecule has 1 amide bonds. The molecule has 0 saturated carbocycles. The number of carbonyl (C=O) groups is 1. The maximum atomic E-state index is 11.2. The molecule has 0 aromatic heterocycles. The average molecular weight is 206 g/mol. The van der Waals surface area contributed by atoms with Gasteiger partial charge in [-0.05, 0) is 6.42 Å². The Bertz CT molecular complexity index is 299. The van der Waals surface area contributed by atoms with Gasteiger partial charge in [-0.15, -0.1) is 0 Å². The number of hydrogen-bond acceptors (Lipinski definition) is 3. The summed E-state index contributed by atoms with van der Waals surface area (Å²) >= 11 is 0. The minimum Gasteiger partial charge on any atom is -0.346 e. The molecule has 6 heteroatoms. The number of piperidine rings is 1. The fourth-order valence-corrected chi connectivity index (χ4v) is 2.15. The van der Waals surface area contributed by atoms with E-state index in [1.165, 1.54) is 0 Å². The van der Waals surface area contributed by atoms with Gasteiger partial charge in [-0.2, -0.15) is 0 Å². The first kappa shape index (κ1) is 10.5. The lowest BCUT2D eigenvalue weighted by molar-refractivity contribution is -0.132. The molecular weight excluding hydrogens is 192 g/mol. The molecule has 1 unspecified atom stereocenters. The number of rotatable bonds is 2. The normalized spacial score (nSPS) is 24.9. The summed E-state index contributed by atoms with van der Waals surface area (Å²) in [6, 6.07) is -0.223. The Morgan fingerprint density at radius 3 is 2.62 bits per heavy atom. The van der Waals surface area contributed by atoms with Crippen LogP contribution in [0.1, 0.15) is 12.8 Å². The van der Waals surface area contributed by atoms with E-state index in [4.69, 9.17) is 0 Å². The standard InChI is InChI=1S/C7H14N2O3S/c1-9-4-3-6(5-7(9)10)8-13(2,11)12/h6,8H,3-5H2,1-2H3. The highest BCUT2D eigenvalue weighted by molar-refractivity contribution is 7.88. The number of sulfonamides is 1. The average Bonchev–Trinajstić information content (AvgIpc) is 1.94. The first-order valence-corrected chi connectivity index (χ1v) is 5.99. The van der Waals surface area contributed by atoms with E-state index in [2.05, 4.69) is 4.72 Å². The lowest BCUT2D eigenvalue weighted by atomic mass is 10.1. The monoisotopic (exact) mass is 206 g/mol. The topological polar surface area (TPSA) is 66.5 Å². The van der Waals surface area contributed by atoms with Crippen molar-refractivity contribution in [3.63, 3.8) is 0 Å². The van der Waals surface area contributed by atoms with Crippen molar-refractivity contribution in [2.45, 2.75) is 18.9 Å². The summed E-state index contributed by atoms with van der Waals surface area (Å²) in [7, 11) is -1.46. The van der Waals surface area contributed by atoms with Gasteiger partial charge in [0.25, 0.3) is 0 Å². The molecule has 0 aliphatic carbocycles. The highest BCUT2D eigenvalue weighted by Crippen LogP contribution is 2.10. The first-order valence-electron chi connectivity index (χ1n) is 4.10. The van der Waals surface area contributed by atoms with Crippen LogP contribution in [0.15, 0.2) is 0 Å². The second kappa shape index (κ2) is 3.63. The lowest BCUT2D eigenvalue weighted by Gasteiger charge is -2.28. The Kier molecular flexibility index (Phi) is 2.92. The molecule has 0 aromatic carbocycles. The molecule has 1 atom stereocenters. The maximum absolute atomic E-state index is 11.2. The van der Waals surface area contributed by atoms with Gasteiger partial charge in [0.15, 0.2) is 0 Å². The zero-order chi connectivity index (χ0) is 10.1. The van der Waals surface area contributed by atoms with E-state index < -0.39 is 10.0 Å². The molecule has 0 radical (unpaired) electrons. The maximum Gasteiger partial charge on any atom is 0.223 e. The third-order valence-electron chi connectivity index (χ3n) is 2.04. The van der Waals surface area contributed by atoms with Gasteiger partial charge in [-0.1, -0.05) is 0 Å². The molecule has 1 N–H and O–H groups in total. The second-order valence-corrected chi connectivity index (χ2v) is 5.18. The van der Waals surface area contributed by atoms with Crippen LogP contribution in [0.25, 0.3) is 0 Å². The minimum absolute atomic E-state index is 0.00704. The zero-order valence-electron chi connectivity index (χ0n) is 7.78. The molecule has 0 aromatic rings. The van der Waals surface area contributed by atoms with Gasteiger partial charge in [0.1, 0.15) is 0 Å². The highest BCUT2D eigenvalue weighted by Gasteiger charge is 2.24. The molecule has 1 aliphatic heterocycles. The Labute approximate surface area is 78.2 Å². The largest absolute Gasteiger partial charge is 0.346 e. The van der Waals surface area contributed by atoms with Crippen molar-refractivity contribution in [1.82, 2.24) is 9.62 Å².